The molecule has 0 fully saturated rings. The number of nitrogens with zero attached hydrogens (tertiary/aromatic N) is 1. The molecule has 0 aliphatic heterocycles. The van der Waals surface area contributed by atoms with Gasteiger partial charge in [-0.3, -0.25) is 15.6 Å². The van der Waals surface area contributed by atoms with Crippen molar-refractivity contribution in [3.8, 4) is 11.3 Å². The lowest BCUT2D eigenvalue weighted by molar-refractivity contribution is -0.856. The third-order valence-electron chi connectivity index (χ3n) is 3.16. The zero-order valence-corrected chi connectivity index (χ0v) is 15.4. The average molecular weight is 365 g/mol. The number of thiazole rings is 1. The van der Waals surface area contributed by atoms with Crippen LogP contribution in [-0.4, -0.2) is 43.2 Å². The van der Waals surface area contributed by atoms with Crippen LogP contribution in [-0.2, 0) is 11.2 Å². The van der Waals surface area contributed by atoms with Crippen LogP contribution >= 0.6 is 23.6 Å². The van der Waals surface area contributed by atoms with E-state index in [1.54, 1.807) is 0 Å². The second kappa shape index (κ2) is 9.31. The summed E-state index contributed by atoms with van der Waals surface area (Å²) in [5.74, 6) is -0.175. The summed E-state index contributed by atoms with van der Waals surface area (Å²) in [4.78, 5) is 17.8. The van der Waals surface area contributed by atoms with Gasteiger partial charge in [0.05, 0.1) is 39.3 Å². The molecule has 2 rings (SSSR count). The largest absolute Gasteiger partial charge is 0.356 e. The molecule has 0 atom stereocenters. The number of aromatic nitrogens is 1. The molecule has 0 radical (unpaired) electrons. The zero-order chi connectivity index (χ0) is 17.4. The minimum atomic E-state index is -0.175. The van der Waals surface area contributed by atoms with Crippen LogP contribution in [0.25, 0.3) is 11.3 Å². The first-order chi connectivity index (χ1) is 11.5. The Morgan fingerprint density at radius 3 is 2.71 bits per heavy atom. The Bertz CT molecular complexity index is 672. The standard InChI is InChI=1S/C16H21N5OS2/c1-21(2)9-8-17-16(23)20-19-14(22)10-15-18-13(11-24-15)12-6-4-3-5-7-12/h3-7,11H,8-10H2,1-2H3,(H,19,22)(H2,17,20,23)/p+1. The van der Waals surface area contributed by atoms with Crippen LogP contribution in [0.1, 0.15) is 5.01 Å². The fourth-order valence-corrected chi connectivity index (χ4v) is 2.87. The molecule has 2 aromatic rings. The van der Waals surface area contributed by atoms with Gasteiger partial charge in [-0.15, -0.1) is 11.3 Å². The van der Waals surface area contributed by atoms with Crippen molar-refractivity contribution < 1.29 is 9.69 Å². The Morgan fingerprint density at radius 2 is 2.00 bits per heavy atom. The molecule has 128 valence electrons. The van der Waals surface area contributed by atoms with Gasteiger partial charge in [-0.25, -0.2) is 4.98 Å². The molecular weight excluding hydrogens is 342 g/mol. The second-order valence-corrected chi connectivity index (χ2v) is 6.91. The summed E-state index contributed by atoms with van der Waals surface area (Å²) >= 11 is 6.57. The quantitative estimate of drug-likeness (QED) is 0.429. The normalized spacial score (nSPS) is 10.5. The van der Waals surface area contributed by atoms with Crippen molar-refractivity contribution in [2.75, 3.05) is 27.2 Å². The summed E-state index contributed by atoms with van der Waals surface area (Å²) in [6.45, 7) is 1.69. The number of amides is 1. The summed E-state index contributed by atoms with van der Waals surface area (Å²) < 4.78 is 0. The van der Waals surface area contributed by atoms with E-state index < -0.39 is 0 Å². The van der Waals surface area contributed by atoms with Crippen molar-refractivity contribution >= 4 is 34.6 Å². The van der Waals surface area contributed by atoms with Gasteiger partial charge in [-0.05, 0) is 12.2 Å². The number of hydrogen-bond donors (Lipinski definition) is 4. The summed E-state index contributed by atoms with van der Waals surface area (Å²) in [6.07, 6.45) is 0.217. The van der Waals surface area contributed by atoms with Gasteiger partial charge in [0.1, 0.15) is 5.01 Å². The number of nitrogens with one attached hydrogen (secondary N) is 4. The van der Waals surface area contributed by atoms with Crippen LogP contribution < -0.4 is 21.1 Å². The van der Waals surface area contributed by atoms with E-state index in [0.717, 1.165) is 29.4 Å². The minimum absolute atomic E-state index is 0.175. The van der Waals surface area contributed by atoms with E-state index in [1.165, 1.54) is 16.2 Å². The molecular formula is C16H22N5OS2+. The maximum absolute atomic E-state index is 11.9. The molecule has 0 saturated heterocycles. The van der Waals surface area contributed by atoms with Gasteiger partial charge in [0.2, 0.25) is 5.91 Å². The Kier molecular flexibility index (Phi) is 7.10. The minimum Gasteiger partial charge on any atom is -0.356 e. The number of thiocarbonyl (C=S) groups is 1. The van der Waals surface area contributed by atoms with Crippen molar-refractivity contribution in [2.45, 2.75) is 6.42 Å². The van der Waals surface area contributed by atoms with Crippen molar-refractivity contribution in [1.29, 1.82) is 0 Å². The highest BCUT2D eigenvalue weighted by atomic mass is 32.1. The lowest BCUT2D eigenvalue weighted by Gasteiger charge is -2.12. The van der Waals surface area contributed by atoms with E-state index in [1.807, 2.05) is 35.7 Å². The third-order valence-corrected chi connectivity index (χ3v) is 4.25. The molecule has 1 heterocycles. The first-order valence-corrected chi connectivity index (χ1v) is 8.95. The van der Waals surface area contributed by atoms with Gasteiger partial charge in [-0.1, -0.05) is 30.3 Å². The van der Waals surface area contributed by atoms with Gasteiger partial charge in [0.25, 0.3) is 0 Å². The SMILES string of the molecule is C[NH+](C)CCNC(=S)NNC(=O)Cc1nc(-c2ccccc2)cs1. The predicted octanol–water partition coefficient (Wildman–Crippen LogP) is -0.00760. The highest BCUT2D eigenvalue weighted by molar-refractivity contribution is 7.80. The maximum Gasteiger partial charge on any atom is 0.245 e. The first kappa shape index (κ1) is 18.3. The highest BCUT2D eigenvalue weighted by Crippen LogP contribution is 2.21. The van der Waals surface area contributed by atoms with Crippen molar-refractivity contribution in [3.63, 3.8) is 0 Å². The Labute approximate surface area is 151 Å². The number of likely N-dealkylation sites (N-methyl/N-ethyl adjacent to an activating group) is 1. The molecule has 8 heteroatoms. The zero-order valence-electron chi connectivity index (χ0n) is 13.8. The van der Waals surface area contributed by atoms with Crippen LogP contribution in [0.5, 0.6) is 0 Å². The van der Waals surface area contributed by atoms with Crippen LogP contribution in [0, 0.1) is 0 Å². The van der Waals surface area contributed by atoms with Crippen molar-refractivity contribution in [3.05, 3.63) is 40.7 Å². The van der Waals surface area contributed by atoms with E-state index in [0.29, 0.717) is 5.11 Å². The van der Waals surface area contributed by atoms with Crippen LogP contribution in [0.3, 0.4) is 0 Å². The monoisotopic (exact) mass is 364 g/mol. The van der Waals surface area contributed by atoms with Crippen molar-refractivity contribution in [2.24, 2.45) is 0 Å². The predicted molar refractivity (Wildman–Crippen MR) is 101 cm³/mol. The number of benzene rings is 1. The number of rotatable bonds is 6. The molecule has 1 amide bonds. The van der Waals surface area contributed by atoms with Gasteiger partial charge in [0.15, 0.2) is 5.11 Å². The van der Waals surface area contributed by atoms with Gasteiger partial charge >= 0.3 is 0 Å². The number of quaternary nitrogens is 1. The lowest BCUT2D eigenvalue weighted by atomic mass is 10.2. The molecule has 0 unspecified atom stereocenters. The van der Waals surface area contributed by atoms with E-state index >= 15 is 0 Å². The smallest absolute Gasteiger partial charge is 0.245 e. The summed E-state index contributed by atoms with van der Waals surface area (Å²) in [5.41, 5.74) is 7.23. The second-order valence-electron chi connectivity index (χ2n) is 5.56. The fraction of sp³-hybridized carbons (Fsp3) is 0.312. The van der Waals surface area contributed by atoms with E-state index in [9.17, 15) is 4.79 Å². The van der Waals surface area contributed by atoms with Crippen molar-refractivity contribution in [1.82, 2.24) is 21.2 Å². The highest BCUT2D eigenvalue weighted by Gasteiger charge is 2.09. The molecule has 24 heavy (non-hydrogen) atoms. The molecule has 0 spiro atoms. The molecule has 0 aliphatic rings. The molecule has 4 N–H and O–H groups in total. The average Bonchev–Trinajstić information content (AvgIpc) is 3.02. The molecule has 1 aromatic heterocycles. The fourth-order valence-electron chi connectivity index (χ4n) is 1.91. The topological polar surface area (TPSA) is 70.5 Å². The van der Waals surface area contributed by atoms with Gasteiger partial charge in [-0.2, -0.15) is 0 Å². The summed E-state index contributed by atoms with van der Waals surface area (Å²) in [6, 6.07) is 9.90. The molecule has 0 aliphatic carbocycles. The number of hydrazine groups is 1. The summed E-state index contributed by atoms with van der Waals surface area (Å²) in [5, 5.41) is 6.17. The number of carbonyl (C=O) groups is 1. The summed E-state index contributed by atoms with van der Waals surface area (Å²) in [7, 11) is 4.13. The molecule has 0 bridgehead atoms. The van der Waals surface area contributed by atoms with E-state index in [4.69, 9.17) is 12.2 Å². The van der Waals surface area contributed by atoms with Crippen LogP contribution in [0.15, 0.2) is 35.7 Å². The number of hydrogen-bond acceptors (Lipinski definition) is 4. The lowest BCUT2D eigenvalue weighted by Crippen LogP contribution is -3.06. The molecule has 6 nitrogen and oxygen atoms in total. The van der Waals surface area contributed by atoms with Gasteiger partial charge in [0, 0.05) is 10.9 Å². The number of carbonyl (C=O) groups excluding carboxylic acids is 1. The van der Waals surface area contributed by atoms with E-state index in [-0.39, 0.29) is 12.3 Å². The first-order valence-electron chi connectivity index (χ1n) is 7.66. The van der Waals surface area contributed by atoms with Gasteiger partial charge < -0.3 is 10.2 Å². The Balaban J connectivity index is 1.75. The maximum atomic E-state index is 11.9. The van der Waals surface area contributed by atoms with Crippen LogP contribution in [0.2, 0.25) is 0 Å². The molecule has 0 saturated carbocycles. The molecule has 1 aromatic carbocycles. The van der Waals surface area contributed by atoms with E-state index in [2.05, 4.69) is 35.2 Å². The third kappa shape index (κ3) is 6.23. The Morgan fingerprint density at radius 1 is 1.25 bits per heavy atom. The van der Waals surface area contributed by atoms with Crippen LogP contribution in [0.4, 0.5) is 0 Å². The Hall–Kier alpha value is -2.03.